The molecular weight excluding hydrogens is 338 g/mol. The Morgan fingerprint density at radius 3 is 2.67 bits per heavy atom. The second-order valence-corrected chi connectivity index (χ2v) is 8.01. The summed E-state index contributed by atoms with van der Waals surface area (Å²) in [6, 6.07) is 9.70. The summed E-state index contributed by atoms with van der Waals surface area (Å²) in [7, 11) is -3.49. The van der Waals surface area contributed by atoms with Crippen molar-refractivity contribution in [3.63, 3.8) is 0 Å². The Hall–Kier alpha value is -0.890. The smallest absolute Gasteiger partial charge is 0.250 e. The van der Waals surface area contributed by atoms with E-state index in [2.05, 4.69) is 20.7 Å². The van der Waals surface area contributed by atoms with Gasteiger partial charge in [0, 0.05) is 6.54 Å². The van der Waals surface area contributed by atoms with Crippen molar-refractivity contribution in [2.24, 2.45) is 0 Å². The highest BCUT2D eigenvalue weighted by Gasteiger charge is 2.15. The predicted molar refractivity (Wildman–Crippen MR) is 74.2 cm³/mol. The molecule has 1 aromatic carbocycles. The van der Waals surface area contributed by atoms with Crippen molar-refractivity contribution in [2.45, 2.75) is 10.8 Å². The summed E-state index contributed by atoms with van der Waals surface area (Å²) in [5.74, 6) is 0.116. The molecule has 1 heterocycles. The van der Waals surface area contributed by atoms with E-state index in [1.807, 2.05) is 0 Å². The maximum atomic E-state index is 11.9. The number of nitrogens with one attached hydrogen (secondary N) is 1. The molecule has 0 spiro atoms. The summed E-state index contributed by atoms with van der Waals surface area (Å²) >= 11 is 4.37. The van der Waals surface area contributed by atoms with E-state index in [1.54, 1.807) is 24.3 Å². The molecule has 0 bridgehead atoms. The molecule has 1 aromatic heterocycles. The van der Waals surface area contributed by atoms with Gasteiger partial charge in [0.15, 0.2) is 0 Å². The average molecular weight is 348 g/mol. The van der Waals surface area contributed by atoms with E-state index in [4.69, 9.17) is 0 Å². The first-order valence-electron chi connectivity index (χ1n) is 5.00. The lowest BCUT2D eigenvalue weighted by molar-refractivity contribution is 0.474. The zero-order valence-electron chi connectivity index (χ0n) is 9.13. The lowest BCUT2D eigenvalue weighted by Gasteiger charge is -2.05. The van der Waals surface area contributed by atoms with Crippen LogP contribution in [0.3, 0.4) is 0 Å². The second kappa shape index (κ2) is 5.40. The summed E-state index contributed by atoms with van der Waals surface area (Å²) in [5.41, 5.74) is 0.703. The number of sulfonamides is 1. The van der Waals surface area contributed by atoms with Crippen LogP contribution < -0.4 is 4.72 Å². The van der Waals surface area contributed by atoms with E-state index >= 15 is 0 Å². The van der Waals surface area contributed by atoms with Gasteiger partial charge in [-0.05, 0) is 45.8 Å². The average Bonchev–Trinajstić information content (AvgIpc) is 2.74. The summed E-state index contributed by atoms with van der Waals surface area (Å²) in [6.07, 6.45) is 0. The molecule has 18 heavy (non-hydrogen) atoms. The summed E-state index contributed by atoms with van der Waals surface area (Å²) in [6.45, 7) is 0.145. The minimum Gasteiger partial charge on any atom is -0.508 e. The summed E-state index contributed by atoms with van der Waals surface area (Å²) < 4.78 is 27.3. The number of phenols is 1. The highest BCUT2D eigenvalue weighted by Crippen LogP contribution is 2.26. The van der Waals surface area contributed by atoms with Crippen LogP contribution in [0, 0.1) is 0 Å². The molecule has 0 unspecified atom stereocenters. The molecule has 2 aromatic rings. The van der Waals surface area contributed by atoms with Gasteiger partial charge in [-0.1, -0.05) is 12.1 Å². The monoisotopic (exact) mass is 347 g/mol. The van der Waals surface area contributed by atoms with Crippen LogP contribution in [0.4, 0.5) is 0 Å². The molecule has 0 fully saturated rings. The third kappa shape index (κ3) is 3.32. The fourth-order valence-corrected chi connectivity index (χ4v) is 4.43. The summed E-state index contributed by atoms with van der Waals surface area (Å²) in [4.78, 5) is 0. The Labute approximate surface area is 117 Å². The third-order valence-electron chi connectivity index (χ3n) is 2.19. The zero-order chi connectivity index (χ0) is 13.2. The van der Waals surface area contributed by atoms with Crippen LogP contribution in [0.15, 0.2) is 44.4 Å². The maximum absolute atomic E-state index is 11.9. The van der Waals surface area contributed by atoms with Crippen LogP contribution in [0.1, 0.15) is 5.56 Å². The highest BCUT2D eigenvalue weighted by molar-refractivity contribution is 9.11. The summed E-state index contributed by atoms with van der Waals surface area (Å²) in [5, 5.41) is 9.28. The number of rotatable bonds is 4. The molecule has 0 aliphatic rings. The first-order valence-corrected chi connectivity index (χ1v) is 8.09. The molecule has 0 radical (unpaired) electrons. The van der Waals surface area contributed by atoms with E-state index in [1.165, 1.54) is 12.1 Å². The van der Waals surface area contributed by atoms with E-state index < -0.39 is 10.0 Å². The van der Waals surface area contributed by atoms with Gasteiger partial charge in [-0.3, -0.25) is 0 Å². The van der Waals surface area contributed by atoms with Crippen molar-refractivity contribution < 1.29 is 13.5 Å². The molecule has 0 aliphatic carbocycles. The second-order valence-electron chi connectivity index (χ2n) is 3.55. The van der Waals surface area contributed by atoms with Gasteiger partial charge in [0.25, 0.3) is 0 Å². The van der Waals surface area contributed by atoms with Gasteiger partial charge in [0.05, 0.1) is 3.79 Å². The number of hydrogen-bond donors (Lipinski definition) is 2. The molecule has 7 heteroatoms. The highest BCUT2D eigenvalue weighted by atomic mass is 79.9. The number of benzene rings is 1. The van der Waals surface area contributed by atoms with Crippen LogP contribution in [0.2, 0.25) is 0 Å². The van der Waals surface area contributed by atoms with E-state index in [9.17, 15) is 13.5 Å². The Bertz CT molecular complexity index is 652. The van der Waals surface area contributed by atoms with Crippen molar-refractivity contribution in [3.8, 4) is 5.75 Å². The van der Waals surface area contributed by atoms with Crippen LogP contribution >= 0.6 is 27.3 Å². The largest absolute Gasteiger partial charge is 0.508 e. The number of thiophene rings is 1. The predicted octanol–water partition coefficient (Wildman–Crippen LogP) is 2.69. The van der Waals surface area contributed by atoms with Gasteiger partial charge in [0.2, 0.25) is 10.0 Å². The molecule has 0 saturated heterocycles. The SMILES string of the molecule is O=S(=O)(NCc1cccc(O)c1)c1ccc(Br)s1. The van der Waals surface area contributed by atoms with Crippen LogP contribution in [-0.2, 0) is 16.6 Å². The Balaban J connectivity index is 2.10. The Morgan fingerprint density at radius 1 is 1.28 bits per heavy atom. The first-order chi connectivity index (χ1) is 8.47. The van der Waals surface area contributed by atoms with Crippen LogP contribution in [0.25, 0.3) is 0 Å². The van der Waals surface area contributed by atoms with Gasteiger partial charge in [-0.25, -0.2) is 13.1 Å². The number of hydrogen-bond acceptors (Lipinski definition) is 4. The van der Waals surface area contributed by atoms with Gasteiger partial charge < -0.3 is 5.11 Å². The number of halogens is 1. The Kier molecular flexibility index (Phi) is 4.06. The first kappa shape index (κ1) is 13.5. The molecule has 2 rings (SSSR count). The van der Waals surface area contributed by atoms with Gasteiger partial charge in [0.1, 0.15) is 9.96 Å². The maximum Gasteiger partial charge on any atom is 0.250 e. The van der Waals surface area contributed by atoms with Crippen molar-refractivity contribution >= 4 is 37.3 Å². The molecule has 0 aliphatic heterocycles. The van der Waals surface area contributed by atoms with Gasteiger partial charge in [-0.15, -0.1) is 11.3 Å². The third-order valence-corrected chi connectivity index (χ3v) is 5.71. The van der Waals surface area contributed by atoms with Crippen molar-refractivity contribution in [1.82, 2.24) is 4.72 Å². The lowest BCUT2D eigenvalue weighted by atomic mass is 10.2. The van der Waals surface area contributed by atoms with Crippen LogP contribution in [0.5, 0.6) is 5.75 Å². The van der Waals surface area contributed by atoms with Gasteiger partial charge >= 0.3 is 0 Å². The van der Waals surface area contributed by atoms with E-state index in [-0.39, 0.29) is 16.5 Å². The molecule has 96 valence electrons. The van der Waals surface area contributed by atoms with E-state index in [0.717, 1.165) is 15.1 Å². The standard InChI is InChI=1S/C11H10BrNO3S2/c12-10-4-5-11(17-10)18(15,16)13-7-8-2-1-3-9(14)6-8/h1-6,13-14H,7H2. The molecule has 0 atom stereocenters. The van der Waals surface area contributed by atoms with Gasteiger partial charge in [-0.2, -0.15) is 0 Å². The minimum atomic E-state index is -3.49. The zero-order valence-corrected chi connectivity index (χ0v) is 12.3. The quantitative estimate of drug-likeness (QED) is 0.893. The Morgan fingerprint density at radius 2 is 2.06 bits per heavy atom. The number of aromatic hydroxyl groups is 1. The fraction of sp³-hybridized carbons (Fsp3) is 0.0909. The van der Waals surface area contributed by atoms with Crippen LogP contribution in [-0.4, -0.2) is 13.5 Å². The molecule has 0 amide bonds. The molecule has 2 N–H and O–H groups in total. The minimum absolute atomic E-state index is 0.116. The molecule has 4 nitrogen and oxygen atoms in total. The van der Waals surface area contributed by atoms with E-state index in [0.29, 0.717) is 5.56 Å². The molecular formula is C11H10BrNO3S2. The van der Waals surface area contributed by atoms with Crippen molar-refractivity contribution in [2.75, 3.05) is 0 Å². The number of phenolic OH excluding ortho intramolecular Hbond substituents is 1. The van der Waals surface area contributed by atoms with Crippen molar-refractivity contribution in [3.05, 3.63) is 45.7 Å². The van der Waals surface area contributed by atoms with Crippen molar-refractivity contribution in [1.29, 1.82) is 0 Å². The normalized spacial score (nSPS) is 11.6. The molecule has 0 saturated carbocycles. The topological polar surface area (TPSA) is 66.4 Å². The fourth-order valence-electron chi connectivity index (χ4n) is 1.36. The lowest BCUT2D eigenvalue weighted by Crippen LogP contribution is -2.22.